The first-order valence-electron chi connectivity index (χ1n) is 7.85. The molecule has 0 radical (unpaired) electrons. The van der Waals surface area contributed by atoms with Crippen molar-refractivity contribution in [3.05, 3.63) is 42.0 Å². The fourth-order valence-corrected chi connectivity index (χ4v) is 2.51. The Hall–Kier alpha value is -2.70. The van der Waals surface area contributed by atoms with Gasteiger partial charge in [0.1, 0.15) is 12.7 Å². The fourth-order valence-electron chi connectivity index (χ4n) is 2.51. The molecule has 1 N–H and O–H groups in total. The molecule has 2 rings (SSSR count). The quantitative estimate of drug-likeness (QED) is 0.840. The molecule has 0 fully saturated rings. The Labute approximate surface area is 140 Å². The second kappa shape index (κ2) is 7.72. The van der Waals surface area contributed by atoms with E-state index in [4.69, 9.17) is 5.11 Å². The standard InChI is InChI=1S/C17H22N4O3/c1-12(2)9-20(7-6-16(22)23)17(24)14-4-5-15(13(3)8-14)21-11-18-10-19-21/h4-5,8,10-12H,6-7,9H2,1-3H3,(H,22,23). The number of amides is 1. The lowest BCUT2D eigenvalue weighted by Gasteiger charge is -2.24. The van der Waals surface area contributed by atoms with Crippen molar-refractivity contribution in [1.82, 2.24) is 19.7 Å². The lowest BCUT2D eigenvalue weighted by atomic mass is 10.1. The highest BCUT2D eigenvalue weighted by atomic mass is 16.4. The molecule has 0 aliphatic rings. The number of benzene rings is 1. The van der Waals surface area contributed by atoms with E-state index < -0.39 is 5.97 Å². The van der Waals surface area contributed by atoms with Crippen molar-refractivity contribution >= 4 is 11.9 Å². The maximum absolute atomic E-state index is 12.7. The second-order valence-corrected chi connectivity index (χ2v) is 6.13. The molecule has 128 valence electrons. The predicted molar refractivity (Wildman–Crippen MR) is 89.1 cm³/mol. The maximum atomic E-state index is 12.7. The Morgan fingerprint density at radius 3 is 2.62 bits per heavy atom. The highest BCUT2D eigenvalue weighted by Gasteiger charge is 2.19. The van der Waals surface area contributed by atoms with E-state index in [2.05, 4.69) is 10.1 Å². The largest absolute Gasteiger partial charge is 0.481 e. The molecule has 0 aliphatic heterocycles. The zero-order valence-electron chi connectivity index (χ0n) is 14.1. The monoisotopic (exact) mass is 330 g/mol. The summed E-state index contributed by atoms with van der Waals surface area (Å²) in [6.07, 6.45) is 2.99. The number of aromatic nitrogens is 3. The average molecular weight is 330 g/mol. The van der Waals surface area contributed by atoms with Crippen LogP contribution in [0.1, 0.15) is 36.2 Å². The summed E-state index contributed by atoms with van der Waals surface area (Å²) < 4.78 is 1.64. The summed E-state index contributed by atoms with van der Waals surface area (Å²) in [4.78, 5) is 29.1. The first-order valence-corrected chi connectivity index (χ1v) is 7.85. The molecule has 1 heterocycles. The van der Waals surface area contributed by atoms with Crippen LogP contribution in [0.4, 0.5) is 0 Å². The topological polar surface area (TPSA) is 88.3 Å². The van der Waals surface area contributed by atoms with E-state index in [9.17, 15) is 9.59 Å². The third-order valence-electron chi connectivity index (χ3n) is 3.58. The van der Waals surface area contributed by atoms with Crippen molar-refractivity contribution in [3.63, 3.8) is 0 Å². The second-order valence-electron chi connectivity index (χ2n) is 6.13. The molecular weight excluding hydrogens is 308 g/mol. The molecule has 7 heteroatoms. The number of hydrogen-bond donors (Lipinski definition) is 1. The van der Waals surface area contributed by atoms with Gasteiger partial charge in [-0.15, -0.1) is 0 Å². The molecule has 0 spiro atoms. The van der Waals surface area contributed by atoms with E-state index in [0.717, 1.165) is 11.3 Å². The van der Waals surface area contributed by atoms with Crippen LogP contribution in [0, 0.1) is 12.8 Å². The summed E-state index contributed by atoms with van der Waals surface area (Å²) in [5.41, 5.74) is 2.29. The van der Waals surface area contributed by atoms with E-state index in [0.29, 0.717) is 12.1 Å². The van der Waals surface area contributed by atoms with Gasteiger partial charge in [-0.25, -0.2) is 9.67 Å². The molecule has 0 atom stereocenters. The lowest BCUT2D eigenvalue weighted by molar-refractivity contribution is -0.137. The van der Waals surface area contributed by atoms with Gasteiger partial charge in [-0.05, 0) is 36.6 Å². The van der Waals surface area contributed by atoms with Crippen molar-refractivity contribution in [2.75, 3.05) is 13.1 Å². The van der Waals surface area contributed by atoms with Crippen molar-refractivity contribution < 1.29 is 14.7 Å². The summed E-state index contributed by atoms with van der Waals surface area (Å²) >= 11 is 0. The van der Waals surface area contributed by atoms with Gasteiger partial charge in [0.2, 0.25) is 0 Å². The Balaban J connectivity index is 2.22. The van der Waals surface area contributed by atoms with Crippen LogP contribution in [0.25, 0.3) is 5.69 Å². The normalized spacial score (nSPS) is 10.8. The van der Waals surface area contributed by atoms with Crippen LogP contribution in [-0.4, -0.2) is 49.7 Å². The van der Waals surface area contributed by atoms with Crippen molar-refractivity contribution in [3.8, 4) is 5.69 Å². The SMILES string of the molecule is Cc1cc(C(=O)N(CCC(=O)O)CC(C)C)ccc1-n1cncn1. The predicted octanol–water partition coefficient (Wildman–Crippen LogP) is 2.15. The van der Waals surface area contributed by atoms with E-state index in [1.807, 2.05) is 26.8 Å². The number of aryl methyl sites for hydroxylation is 1. The van der Waals surface area contributed by atoms with Crippen molar-refractivity contribution in [1.29, 1.82) is 0 Å². The lowest BCUT2D eigenvalue weighted by Crippen LogP contribution is -2.36. The summed E-state index contributed by atoms with van der Waals surface area (Å²) in [6.45, 7) is 6.63. The van der Waals surface area contributed by atoms with Crippen molar-refractivity contribution in [2.24, 2.45) is 5.92 Å². The van der Waals surface area contributed by atoms with Crippen LogP contribution < -0.4 is 0 Å². The molecule has 2 aromatic rings. The van der Waals surface area contributed by atoms with E-state index in [1.165, 1.54) is 6.33 Å². The number of nitrogens with zero attached hydrogens (tertiary/aromatic N) is 4. The molecule has 0 unspecified atom stereocenters. The van der Waals surface area contributed by atoms with Gasteiger partial charge < -0.3 is 10.0 Å². The molecule has 0 saturated heterocycles. The van der Waals surface area contributed by atoms with E-state index in [1.54, 1.807) is 28.0 Å². The summed E-state index contributed by atoms with van der Waals surface area (Å²) in [5, 5.41) is 13.0. The molecule has 7 nitrogen and oxygen atoms in total. The van der Waals surface area contributed by atoms with Gasteiger partial charge in [-0.3, -0.25) is 9.59 Å². The molecule has 0 saturated carbocycles. The smallest absolute Gasteiger partial charge is 0.305 e. The van der Waals surface area contributed by atoms with Gasteiger partial charge in [0, 0.05) is 18.7 Å². The minimum atomic E-state index is -0.908. The molecule has 1 aromatic heterocycles. The first-order chi connectivity index (χ1) is 11.4. The summed E-state index contributed by atoms with van der Waals surface area (Å²) in [6, 6.07) is 5.36. The molecule has 24 heavy (non-hydrogen) atoms. The van der Waals surface area contributed by atoms with Crippen LogP contribution in [0.2, 0.25) is 0 Å². The van der Waals surface area contributed by atoms with Crippen LogP contribution in [-0.2, 0) is 4.79 Å². The fraction of sp³-hybridized carbons (Fsp3) is 0.412. The van der Waals surface area contributed by atoms with Gasteiger partial charge in [0.15, 0.2) is 0 Å². The number of carbonyl (C=O) groups excluding carboxylic acids is 1. The maximum Gasteiger partial charge on any atom is 0.305 e. The number of carboxylic acid groups (broad SMARTS) is 1. The molecule has 1 amide bonds. The van der Waals surface area contributed by atoms with E-state index in [-0.39, 0.29) is 24.8 Å². The zero-order valence-corrected chi connectivity index (χ0v) is 14.1. The Bertz CT molecular complexity index is 711. The Kier molecular flexibility index (Phi) is 5.68. The van der Waals surface area contributed by atoms with Crippen LogP contribution >= 0.6 is 0 Å². The molecule has 0 bridgehead atoms. The van der Waals surface area contributed by atoms with Gasteiger partial charge in [-0.2, -0.15) is 5.10 Å². The van der Waals surface area contributed by atoms with Crippen LogP contribution in [0.15, 0.2) is 30.9 Å². The number of rotatable bonds is 7. The summed E-state index contributed by atoms with van der Waals surface area (Å²) in [7, 11) is 0. The average Bonchev–Trinajstić information content (AvgIpc) is 3.04. The van der Waals surface area contributed by atoms with E-state index >= 15 is 0 Å². The zero-order chi connectivity index (χ0) is 17.7. The molecular formula is C17H22N4O3. The minimum Gasteiger partial charge on any atom is -0.481 e. The molecule has 0 aliphatic carbocycles. The highest BCUT2D eigenvalue weighted by molar-refractivity contribution is 5.95. The molecule has 1 aromatic carbocycles. The van der Waals surface area contributed by atoms with Gasteiger partial charge >= 0.3 is 5.97 Å². The van der Waals surface area contributed by atoms with Crippen LogP contribution in [0.3, 0.4) is 0 Å². The van der Waals surface area contributed by atoms with Crippen molar-refractivity contribution in [2.45, 2.75) is 27.2 Å². The number of carboxylic acids is 1. The highest BCUT2D eigenvalue weighted by Crippen LogP contribution is 2.17. The Morgan fingerprint density at radius 1 is 1.33 bits per heavy atom. The van der Waals surface area contributed by atoms with Gasteiger partial charge in [0.05, 0.1) is 12.1 Å². The van der Waals surface area contributed by atoms with Crippen LogP contribution in [0.5, 0.6) is 0 Å². The minimum absolute atomic E-state index is 0.0610. The number of aliphatic carboxylic acids is 1. The Morgan fingerprint density at radius 2 is 2.08 bits per heavy atom. The third-order valence-corrected chi connectivity index (χ3v) is 3.58. The third kappa shape index (κ3) is 4.41. The summed E-state index contributed by atoms with van der Waals surface area (Å²) in [5.74, 6) is -0.800. The number of hydrogen-bond acceptors (Lipinski definition) is 4. The van der Waals surface area contributed by atoms with Gasteiger partial charge in [-0.1, -0.05) is 13.8 Å². The first kappa shape index (κ1) is 17.7. The van der Waals surface area contributed by atoms with Gasteiger partial charge in [0.25, 0.3) is 5.91 Å². The number of carbonyl (C=O) groups is 2.